The summed E-state index contributed by atoms with van der Waals surface area (Å²) in [6, 6.07) is 0. The molecular weight excluding hydrogens is 239 g/mol. The van der Waals surface area contributed by atoms with Crippen LogP contribution in [0.25, 0.3) is 0 Å². The van der Waals surface area contributed by atoms with Gasteiger partial charge in [0.05, 0.1) is 12.4 Å². The van der Waals surface area contributed by atoms with Crippen LogP contribution in [0.1, 0.15) is 6.92 Å². The second-order valence-corrected chi connectivity index (χ2v) is 4.19. The molecule has 18 heavy (non-hydrogen) atoms. The van der Waals surface area contributed by atoms with Crippen LogP contribution in [0.5, 0.6) is 0 Å². The molecule has 6 nitrogen and oxygen atoms in total. The maximum Gasteiger partial charge on any atom is 0.251 e. The van der Waals surface area contributed by atoms with Crippen LogP contribution in [-0.4, -0.2) is 58.2 Å². The summed E-state index contributed by atoms with van der Waals surface area (Å²) in [5.74, 6) is -0.281. The number of anilines is 1. The van der Waals surface area contributed by atoms with Gasteiger partial charge >= 0.3 is 0 Å². The molecule has 0 aromatic carbocycles. The third-order valence-electron chi connectivity index (χ3n) is 2.84. The fourth-order valence-corrected chi connectivity index (χ4v) is 1.86. The number of halogens is 1. The Balaban J connectivity index is 1.94. The van der Waals surface area contributed by atoms with Gasteiger partial charge in [-0.15, -0.1) is 0 Å². The minimum atomic E-state index is -0.973. The van der Waals surface area contributed by atoms with Gasteiger partial charge in [0, 0.05) is 26.2 Å². The van der Waals surface area contributed by atoms with Crippen molar-refractivity contribution in [2.45, 2.75) is 13.0 Å². The van der Waals surface area contributed by atoms with Gasteiger partial charge in [0.1, 0.15) is 6.10 Å². The molecule has 7 heteroatoms. The van der Waals surface area contributed by atoms with Crippen LogP contribution in [0.4, 0.5) is 10.3 Å². The first-order valence-corrected chi connectivity index (χ1v) is 5.77. The van der Waals surface area contributed by atoms with Gasteiger partial charge in [-0.1, -0.05) is 0 Å². The second-order valence-electron chi connectivity index (χ2n) is 4.19. The minimum absolute atomic E-state index is 0.269. The Labute approximate surface area is 104 Å². The lowest BCUT2D eigenvalue weighted by molar-refractivity contribution is -0.139. The highest BCUT2D eigenvalue weighted by Crippen LogP contribution is 2.11. The van der Waals surface area contributed by atoms with Crippen molar-refractivity contribution in [1.82, 2.24) is 14.9 Å². The monoisotopic (exact) mass is 254 g/mol. The largest absolute Gasteiger partial charge is 0.384 e. The van der Waals surface area contributed by atoms with E-state index in [4.69, 9.17) is 0 Å². The van der Waals surface area contributed by atoms with E-state index in [1.54, 1.807) is 4.90 Å². The molecule has 1 aromatic rings. The predicted molar refractivity (Wildman–Crippen MR) is 62.5 cm³/mol. The Morgan fingerprint density at radius 2 is 1.89 bits per heavy atom. The first kappa shape index (κ1) is 12.7. The van der Waals surface area contributed by atoms with Crippen LogP contribution in [0.2, 0.25) is 0 Å². The lowest BCUT2D eigenvalue weighted by atomic mass is 10.2. The van der Waals surface area contributed by atoms with Crippen LogP contribution in [0.3, 0.4) is 0 Å². The average Bonchev–Trinajstić information content (AvgIpc) is 2.39. The molecule has 1 fully saturated rings. The van der Waals surface area contributed by atoms with Crippen LogP contribution in [0, 0.1) is 5.82 Å². The van der Waals surface area contributed by atoms with E-state index in [1.165, 1.54) is 6.92 Å². The summed E-state index contributed by atoms with van der Waals surface area (Å²) in [5, 5.41) is 9.22. The highest BCUT2D eigenvalue weighted by Gasteiger charge is 2.24. The molecule has 0 spiro atoms. The number of hydrogen-bond acceptors (Lipinski definition) is 5. The van der Waals surface area contributed by atoms with Crippen molar-refractivity contribution in [3.8, 4) is 0 Å². The predicted octanol–water partition coefficient (Wildman–Crippen LogP) is -0.355. The fraction of sp³-hybridized carbons (Fsp3) is 0.545. The van der Waals surface area contributed by atoms with Crippen LogP contribution in [-0.2, 0) is 4.79 Å². The number of amides is 1. The van der Waals surface area contributed by atoms with Gasteiger partial charge in [-0.3, -0.25) is 4.79 Å². The first-order chi connectivity index (χ1) is 8.58. The number of hydrogen-bond donors (Lipinski definition) is 1. The van der Waals surface area contributed by atoms with Gasteiger partial charge < -0.3 is 14.9 Å². The summed E-state index contributed by atoms with van der Waals surface area (Å²) in [6.07, 6.45) is 1.27. The Kier molecular flexibility index (Phi) is 3.71. The third-order valence-corrected chi connectivity index (χ3v) is 2.84. The summed E-state index contributed by atoms with van der Waals surface area (Å²) in [7, 11) is 0. The number of aliphatic hydroxyl groups excluding tert-OH is 1. The second kappa shape index (κ2) is 5.26. The molecule has 0 bridgehead atoms. The number of rotatable bonds is 2. The zero-order chi connectivity index (χ0) is 13.1. The van der Waals surface area contributed by atoms with E-state index in [1.807, 2.05) is 4.90 Å². The van der Waals surface area contributed by atoms with Crippen molar-refractivity contribution in [3.05, 3.63) is 18.2 Å². The van der Waals surface area contributed by atoms with Crippen molar-refractivity contribution < 1.29 is 14.3 Å². The van der Waals surface area contributed by atoms with Gasteiger partial charge in [0.15, 0.2) is 5.82 Å². The maximum atomic E-state index is 12.7. The lowest BCUT2D eigenvalue weighted by Crippen LogP contribution is -2.51. The molecule has 0 aliphatic carbocycles. The summed E-state index contributed by atoms with van der Waals surface area (Å²) in [6.45, 7) is 3.61. The van der Waals surface area contributed by atoms with Crippen LogP contribution < -0.4 is 4.90 Å². The summed E-state index contributed by atoms with van der Waals surface area (Å²) < 4.78 is 12.7. The molecule has 1 amide bonds. The third kappa shape index (κ3) is 2.73. The Bertz CT molecular complexity index is 416. The molecule has 1 saturated heterocycles. The number of carbonyl (C=O) groups excluding carboxylic acids is 1. The smallest absolute Gasteiger partial charge is 0.251 e. The Morgan fingerprint density at radius 1 is 1.33 bits per heavy atom. The number of nitrogens with zero attached hydrogens (tertiary/aromatic N) is 4. The van der Waals surface area contributed by atoms with Crippen molar-refractivity contribution in [2.75, 3.05) is 31.1 Å². The van der Waals surface area contributed by atoms with Crippen molar-refractivity contribution >= 4 is 11.9 Å². The number of aliphatic hydroxyl groups is 1. The summed E-state index contributed by atoms with van der Waals surface area (Å²) >= 11 is 0. The fourth-order valence-electron chi connectivity index (χ4n) is 1.86. The zero-order valence-corrected chi connectivity index (χ0v) is 10.1. The van der Waals surface area contributed by atoms with E-state index in [9.17, 15) is 14.3 Å². The molecule has 98 valence electrons. The van der Waals surface area contributed by atoms with Crippen molar-refractivity contribution in [1.29, 1.82) is 0 Å². The molecule has 1 aliphatic rings. The molecule has 1 N–H and O–H groups in total. The molecule has 0 radical (unpaired) electrons. The Morgan fingerprint density at radius 3 is 2.39 bits per heavy atom. The van der Waals surface area contributed by atoms with E-state index in [0.29, 0.717) is 32.1 Å². The molecule has 2 rings (SSSR count). The highest BCUT2D eigenvalue weighted by molar-refractivity contribution is 5.80. The number of piperazine rings is 1. The standard InChI is InChI=1S/C11H15FN4O2/c1-8(17)10(18)15-2-4-16(5-3-15)11-13-6-9(12)7-14-11/h6-8,17H,2-5H2,1H3. The summed E-state index contributed by atoms with van der Waals surface area (Å²) in [5.41, 5.74) is 0. The highest BCUT2D eigenvalue weighted by atomic mass is 19.1. The van der Waals surface area contributed by atoms with Gasteiger partial charge in [-0.05, 0) is 6.92 Å². The van der Waals surface area contributed by atoms with Crippen LogP contribution in [0.15, 0.2) is 12.4 Å². The molecular formula is C11H15FN4O2. The van der Waals surface area contributed by atoms with Gasteiger partial charge in [0.2, 0.25) is 5.95 Å². The van der Waals surface area contributed by atoms with E-state index < -0.39 is 11.9 Å². The molecule has 1 aromatic heterocycles. The molecule has 1 unspecified atom stereocenters. The van der Waals surface area contributed by atoms with Crippen molar-refractivity contribution in [2.24, 2.45) is 0 Å². The molecule has 1 atom stereocenters. The van der Waals surface area contributed by atoms with E-state index in [-0.39, 0.29) is 5.91 Å². The normalized spacial score (nSPS) is 17.7. The maximum absolute atomic E-state index is 12.7. The summed E-state index contributed by atoms with van der Waals surface area (Å²) in [4.78, 5) is 22.8. The van der Waals surface area contributed by atoms with E-state index in [0.717, 1.165) is 12.4 Å². The first-order valence-electron chi connectivity index (χ1n) is 5.77. The molecule has 1 aliphatic heterocycles. The van der Waals surface area contributed by atoms with E-state index in [2.05, 4.69) is 9.97 Å². The van der Waals surface area contributed by atoms with Gasteiger partial charge in [0.25, 0.3) is 5.91 Å². The van der Waals surface area contributed by atoms with E-state index >= 15 is 0 Å². The molecule has 2 heterocycles. The quantitative estimate of drug-likeness (QED) is 0.781. The van der Waals surface area contributed by atoms with Gasteiger partial charge in [-0.2, -0.15) is 0 Å². The van der Waals surface area contributed by atoms with Gasteiger partial charge in [-0.25, -0.2) is 14.4 Å². The SMILES string of the molecule is CC(O)C(=O)N1CCN(c2ncc(F)cn2)CC1. The topological polar surface area (TPSA) is 69.6 Å². The molecule has 0 saturated carbocycles. The minimum Gasteiger partial charge on any atom is -0.384 e. The average molecular weight is 254 g/mol. The van der Waals surface area contributed by atoms with Crippen LogP contribution >= 0.6 is 0 Å². The Hall–Kier alpha value is -1.76. The number of carbonyl (C=O) groups is 1. The van der Waals surface area contributed by atoms with Crippen molar-refractivity contribution in [3.63, 3.8) is 0 Å². The number of aromatic nitrogens is 2. The zero-order valence-electron chi connectivity index (χ0n) is 10.1. The lowest BCUT2D eigenvalue weighted by Gasteiger charge is -2.35.